The molecule has 158 valence electrons. The number of carboxylic acid groups (broad SMARTS) is 1. The second-order valence-corrected chi connectivity index (χ2v) is 8.52. The van der Waals surface area contributed by atoms with Crippen LogP contribution in [0.3, 0.4) is 0 Å². The largest absolute Gasteiger partial charge is 0.465 e. The molecule has 0 bridgehead atoms. The van der Waals surface area contributed by atoms with Gasteiger partial charge in [-0.1, -0.05) is 39.0 Å². The van der Waals surface area contributed by atoms with Crippen LogP contribution in [0.4, 0.5) is 16.3 Å². The van der Waals surface area contributed by atoms with Crippen molar-refractivity contribution in [3.63, 3.8) is 0 Å². The van der Waals surface area contributed by atoms with E-state index >= 15 is 0 Å². The van der Waals surface area contributed by atoms with Crippen molar-refractivity contribution in [1.82, 2.24) is 14.7 Å². The minimum atomic E-state index is -1.04. The molecule has 1 fully saturated rings. The first-order valence-electron chi connectivity index (χ1n) is 9.73. The molecular formula is C21H26N6O3. The standard InChI is InChI=1S/C21H26N6O3/c1-21(2,3)17-14(11-22)16(9-10-26(17)20(29)30)27-12-15(18(23)28)19(25-27)24-13-7-5-4-6-8-13/h4-8,12,14,16-17H,9-10H2,1-3H3,(H2,23,28)(H,24,25)(H,29,30)/t14-,16-,17?/m0/s1. The quantitative estimate of drug-likeness (QED) is 0.708. The highest BCUT2D eigenvalue weighted by atomic mass is 16.4. The molecule has 3 atom stereocenters. The van der Waals surface area contributed by atoms with Crippen molar-refractivity contribution in [1.29, 1.82) is 5.26 Å². The lowest BCUT2D eigenvalue weighted by Crippen LogP contribution is -2.56. The first-order valence-corrected chi connectivity index (χ1v) is 9.73. The normalized spacial score (nSPS) is 21.7. The van der Waals surface area contributed by atoms with Crippen molar-refractivity contribution in [2.75, 3.05) is 11.9 Å². The van der Waals surface area contributed by atoms with Crippen LogP contribution in [-0.4, -0.2) is 44.4 Å². The van der Waals surface area contributed by atoms with Gasteiger partial charge in [-0.25, -0.2) is 4.79 Å². The zero-order valence-corrected chi connectivity index (χ0v) is 17.2. The van der Waals surface area contributed by atoms with E-state index in [2.05, 4.69) is 16.5 Å². The fraction of sp³-hybridized carbons (Fsp3) is 0.429. The van der Waals surface area contributed by atoms with E-state index in [1.165, 1.54) is 4.90 Å². The number of piperidine rings is 1. The van der Waals surface area contributed by atoms with E-state index in [1.807, 2.05) is 51.1 Å². The average Bonchev–Trinajstić information content (AvgIpc) is 3.10. The van der Waals surface area contributed by atoms with Crippen molar-refractivity contribution < 1.29 is 14.7 Å². The number of carbonyl (C=O) groups is 2. The Morgan fingerprint density at radius 2 is 1.97 bits per heavy atom. The first-order chi connectivity index (χ1) is 14.1. The van der Waals surface area contributed by atoms with Gasteiger partial charge in [0.2, 0.25) is 0 Å². The van der Waals surface area contributed by atoms with Gasteiger partial charge in [0.1, 0.15) is 5.56 Å². The molecule has 30 heavy (non-hydrogen) atoms. The van der Waals surface area contributed by atoms with Gasteiger partial charge in [-0.05, 0) is 24.0 Å². The summed E-state index contributed by atoms with van der Waals surface area (Å²) in [6.07, 6.45) is 0.902. The molecular weight excluding hydrogens is 384 g/mol. The molecule has 1 saturated heterocycles. The summed E-state index contributed by atoms with van der Waals surface area (Å²) in [4.78, 5) is 25.1. The van der Waals surface area contributed by atoms with Gasteiger partial charge in [0, 0.05) is 18.4 Å². The molecule has 1 aliphatic heterocycles. The van der Waals surface area contributed by atoms with Gasteiger partial charge < -0.3 is 21.1 Å². The van der Waals surface area contributed by atoms with Crippen molar-refractivity contribution in [3.05, 3.63) is 42.1 Å². The molecule has 1 aromatic carbocycles. The van der Waals surface area contributed by atoms with Crippen molar-refractivity contribution in [3.8, 4) is 6.07 Å². The molecule has 1 aromatic heterocycles. The van der Waals surface area contributed by atoms with Crippen LogP contribution in [0, 0.1) is 22.7 Å². The van der Waals surface area contributed by atoms with Gasteiger partial charge in [0.05, 0.1) is 24.1 Å². The topological polar surface area (TPSA) is 137 Å². The van der Waals surface area contributed by atoms with Gasteiger partial charge in [-0.2, -0.15) is 10.4 Å². The van der Waals surface area contributed by atoms with Gasteiger partial charge in [-0.15, -0.1) is 0 Å². The minimum absolute atomic E-state index is 0.212. The maximum absolute atomic E-state index is 12.0. The van der Waals surface area contributed by atoms with E-state index in [0.717, 1.165) is 5.69 Å². The Labute approximate surface area is 175 Å². The number of anilines is 2. The van der Waals surface area contributed by atoms with E-state index in [1.54, 1.807) is 10.9 Å². The predicted octanol–water partition coefficient (Wildman–Crippen LogP) is 3.20. The number of carbonyl (C=O) groups excluding carboxylic acids is 1. The second-order valence-electron chi connectivity index (χ2n) is 8.52. The molecule has 2 aromatic rings. The van der Waals surface area contributed by atoms with E-state index in [9.17, 15) is 20.0 Å². The summed E-state index contributed by atoms with van der Waals surface area (Å²) in [7, 11) is 0. The lowest BCUT2D eigenvalue weighted by molar-refractivity contribution is 0.0153. The number of primary amides is 1. The van der Waals surface area contributed by atoms with Crippen LogP contribution in [0.1, 0.15) is 43.6 Å². The Morgan fingerprint density at radius 3 is 2.50 bits per heavy atom. The van der Waals surface area contributed by atoms with Crippen LogP contribution in [0.5, 0.6) is 0 Å². The summed E-state index contributed by atoms with van der Waals surface area (Å²) < 4.78 is 1.58. The number of para-hydroxylation sites is 1. The van der Waals surface area contributed by atoms with Crippen molar-refractivity contribution in [2.45, 2.75) is 39.3 Å². The van der Waals surface area contributed by atoms with Gasteiger partial charge in [0.25, 0.3) is 5.91 Å². The third kappa shape index (κ3) is 4.08. The zero-order chi connectivity index (χ0) is 22.1. The number of rotatable bonds is 4. The lowest BCUT2D eigenvalue weighted by atomic mass is 9.72. The maximum Gasteiger partial charge on any atom is 0.407 e. The molecule has 4 N–H and O–H groups in total. The number of nitrogens with zero attached hydrogens (tertiary/aromatic N) is 4. The van der Waals surface area contributed by atoms with Gasteiger partial charge in [0.15, 0.2) is 5.82 Å². The third-order valence-corrected chi connectivity index (χ3v) is 5.41. The summed E-state index contributed by atoms with van der Waals surface area (Å²) in [5.74, 6) is -0.970. The van der Waals surface area contributed by atoms with Crippen LogP contribution >= 0.6 is 0 Å². The van der Waals surface area contributed by atoms with Crippen molar-refractivity contribution in [2.24, 2.45) is 17.1 Å². The Morgan fingerprint density at radius 1 is 1.30 bits per heavy atom. The van der Waals surface area contributed by atoms with E-state index in [0.29, 0.717) is 12.2 Å². The number of aromatic nitrogens is 2. The monoisotopic (exact) mass is 410 g/mol. The van der Waals surface area contributed by atoms with E-state index in [4.69, 9.17) is 5.73 Å². The molecule has 2 amide bonds. The van der Waals surface area contributed by atoms with Crippen LogP contribution in [0.25, 0.3) is 0 Å². The highest BCUT2D eigenvalue weighted by molar-refractivity contribution is 5.98. The molecule has 0 spiro atoms. The number of nitriles is 1. The smallest absolute Gasteiger partial charge is 0.407 e. The Bertz CT molecular complexity index is 973. The number of benzene rings is 1. The molecule has 2 heterocycles. The molecule has 1 unspecified atom stereocenters. The Kier molecular flexibility index (Phi) is 5.69. The zero-order valence-electron chi connectivity index (χ0n) is 17.2. The number of likely N-dealkylation sites (tertiary alicyclic amines) is 1. The maximum atomic E-state index is 12.0. The first kappa shape index (κ1) is 21.2. The minimum Gasteiger partial charge on any atom is -0.465 e. The van der Waals surface area contributed by atoms with Crippen LogP contribution in [0.2, 0.25) is 0 Å². The highest BCUT2D eigenvalue weighted by Gasteiger charge is 2.47. The fourth-order valence-electron chi connectivity index (χ4n) is 4.16. The van der Waals surface area contributed by atoms with Crippen LogP contribution in [-0.2, 0) is 0 Å². The predicted molar refractivity (Wildman–Crippen MR) is 111 cm³/mol. The molecule has 9 nitrogen and oxygen atoms in total. The molecule has 0 radical (unpaired) electrons. The summed E-state index contributed by atoms with van der Waals surface area (Å²) in [5.41, 5.74) is 6.05. The highest BCUT2D eigenvalue weighted by Crippen LogP contribution is 2.41. The summed E-state index contributed by atoms with van der Waals surface area (Å²) in [6, 6.07) is 10.6. The Hall–Kier alpha value is -3.54. The number of amides is 2. The van der Waals surface area contributed by atoms with E-state index in [-0.39, 0.29) is 18.2 Å². The summed E-state index contributed by atoms with van der Waals surface area (Å²) >= 11 is 0. The van der Waals surface area contributed by atoms with Crippen molar-refractivity contribution >= 4 is 23.5 Å². The van der Waals surface area contributed by atoms with E-state index < -0.39 is 29.4 Å². The SMILES string of the molecule is CC(C)(C)C1[C@@H](C#N)[C@@H](n2cc(C(N)=O)c(Nc3ccccc3)n2)CCN1C(=O)O. The van der Waals surface area contributed by atoms with Crippen LogP contribution in [0.15, 0.2) is 36.5 Å². The van der Waals surface area contributed by atoms with Gasteiger partial charge in [-0.3, -0.25) is 9.48 Å². The molecule has 3 rings (SSSR count). The summed E-state index contributed by atoms with van der Waals surface area (Å²) in [5, 5.41) is 27.2. The third-order valence-electron chi connectivity index (χ3n) is 5.41. The van der Waals surface area contributed by atoms with Gasteiger partial charge >= 0.3 is 6.09 Å². The average molecular weight is 410 g/mol. The number of nitrogens with one attached hydrogen (secondary N) is 1. The molecule has 0 saturated carbocycles. The molecule has 1 aliphatic rings. The number of hydrogen-bond donors (Lipinski definition) is 3. The summed E-state index contributed by atoms with van der Waals surface area (Å²) in [6.45, 7) is 6.02. The Balaban J connectivity index is 2.00. The second kappa shape index (κ2) is 8.06. The lowest BCUT2D eigenvalue weighted by Gasteiger charge is -2.47. The fourth-order valence-corrected chi connectivity index (χ4v) is 4.16. The molecule has 0 aliphatic carbocycles. The number of nitrogens with two attached hydrogens (primary N) is 1. The number of hydrogen-bond acceptors (Lipinski definition) is 5. The van der Waals surface area contributed by atoms with Crippen LogP contribution < -0.4 is 11.1 Å². The molecule has 9 heteroatoms.